The van der Waals surface area contributed by atoms with E-state index in [1.54, 1.807) is 25.3 Å². The molecule has 0 aliphatic rings. The van der Waals surface area contributed by atoms with Crippen LogP contribution in [0, 0.1) is 17.0 Å². The first-order valence-corrected chi connectivity index (χ1v) is 6.63. The number of thioether (sulfide) groups is 1. The van der Waals surface area contributed by atoms with Gasteiger partial charge in [0.1, 0.15) is 0 Å². The smallest absolute Gasteiger partial charge is 0.272 e. The highest BCUT2D eigenvalue weighted by atomic mass is 32.2. The zero-order valence-corrected chi connectivity index (χ0v) is 11.2. The molecule has 5 nitrogen and oxygen atoms in total. The Balaban J connectivity index is 2.13. The maximum absolute atomic E-state index is 10.9. The Morgan fingerprint density at radius 3 is 2.79 bits per heavy atom. The Kier molecular flexibility index (Phi) is 4.01. The third-order valence-corrected chi connectivity index (χ3v) is 3.74. The quantitative estimate of drug-likeness (QED) is 0.526. The van der Waals surface area contributed by atoms with E-state index in [1.165, 1.54) is 17.8 Å². The first-order valence-electron chi connectivity index (χ1n) is 5.65. The number of nitrogens with zero attached hydrogens (tertiary/aromatic N) is 2. The predicted molar refractivity (Wildman–Crippen MR) is 76.0 cm³/mol. The van der Waals surface area contributed by atoms with Crippen LogP contribution in [-0.2, 0) is 5.75 Å². The molecule has 1 aromatic heterocycles. The number of pyridine rings is 1. The molecule has 0 unspecified atom stereocenters. The van der Waals surface area contributed by atoms with Gasteiger partial charge < -0.3 is 5.73 Å². The molecular formula is C13H13N3O2S. The van der Waals surface area contributed by atoms with E-state index >= 15 is 0 Å². The van der Waals surface area contributed by atoms with Crippen LogP contribution in [0.25, 0.3) is 0 Å². The second kappa shape index (κ2) is 5.71. The molecule has 2 rings (SSSR count). The van der Waals surface area contributed by atoms with Crippen LogP contribution in [0.5, 0.6) is 0 Å². The van der Waals surface area contributed by atoms with Gasteiger partial charge in [-0.15, -0.1) is 11.8 Å². The molecule has 19 heavy (non-hydrogen) atoms. The summed E-state index contributed by atoms with van der Waals surface area (Å²) in [6, 6.07) is 8.75. The van der Waals surface area contributed by atoms with Gasteiger partial charge in [-0.05, 0) is 24.6 Å². The van der Waals surface area contributed by atoms with Crippen LogP contribution in [0.15, 0.2) is 41.6 Å². The molecule has 0 atom stereocenters. The van der Waals surface area contributed by atoms with Gasteiger partial charge in [-0.3, -0.25) is 10.1 Å². The molecule has 0 aliphatic heterocycles. The molecule has 98 valence electrons. The van der Waals surface area contributed by atoms with E-state index in [-0.39, 0.29) is 10.6 Å². The lowest BCUT2D eigenvalue weighted by molar-refractivity contribution is -0.385. The SMILES string of the molecule is Cc1c(CSc2ccc(N)cn2)cccc1[N+](=O)[O-]. The average molecular weight is 275 g/mol. The molecular weight excluding hydrogens is 262 g/mol. The molecule has 0 radical (unpaired) electrons. The predicted octanol–water partition coefficient (Wildman–Crippen LogP) is 3.17. The van der Waals surface area contributed by atoms with Gasteiger partial charge in [0.25, 0.3) is 5.69 Å². The Morgan fingerprint density at radius 1 is 1.37 bits per heavy atom. The molecule has 1 heterocycles. The lowest BCUT2D eigenvalue weighted by Crippen LogP contribution is -1.95. The van der Waals surface area contributed by atoms with Crippen molar-refractivity contribution >= 4 is 23.1 Å². The van der Waals surface area contributed by atoms with Crippen molar-refractivity contribution in [2.24, 2.45) is 0 Å². The standard InChI is InChI=1S/C13H13N3O2S/c1-9-10(3-2-4-12(9)16(17)18)8-19-13-6-5-11(14)7-15-13/h2-7H,8,14H2,1H3. The van der Waals surface area contributed by atoms with Crippen LogP contribution in [0.3, 0.4) is 0 Å². The lowest BCUT2D eigenvalue weighted by Gasteiger charge is -2.06. The minimum atomic E-state index is -0.356. The minimum absolute atomic E-state index is 0.156. The number of rotatable bonds is 4. The van der Waals surface area contributed by atoms with E-state index in [0.29, 0.717) is 17.0 Å². The highest BCUT2D eigenvalue weighted by Crippen LogP contribution is 2.27. The van der Waals surface area contributed by atoms with Gasteiger partial charge in [0.05, 0.1) is 21.8 Å². The van der Waals surface area contributed by atoms with Gasteiger partial charge in [0.15, 0.2) is 0 Å². The van der Waals surface area contributed by atoms with Gasteiger partial charge in [-0.25, -0.2) is 4.98 Å². The van der Waals surface area contributed by atoms with Crippen LogP contribution in [0.2, 0.25) is 0 Å². The highest BCUT2D eigenvalue weighted by Gasteiger charge is 2.13. The van der Waals surface area contributed by atoms with Crippen LogP contribution in [0.1, 0.15) is 11.1 Å². The number of anilines is 1. The molecule has 0 amide bonds. The molecule has 1 aromatic carbocycles. The van der Waals surface area contributed by atoms with Crippen LogP contribution in [0.4, 0.5) is 11.4 Å². The number of nitro groups is 1. The summed E-state index contributed by atoms with van der Waals surface area (Å²) in [5.41, 5.74) is 7.99. The Hall–Kier alpha value is -2.08. The third kappa shape index (κ3) is 3.23. The molecule has 0 bridgehead atoms. The van der Waals surface area contributed by atoms with Crippen molar-refractivity contribution < 1.29 is 4.92 Å². The number of hydrogen-bond acceptors (Lipinski definition) is 5. The van der Waals surface area contributed by atoms with Gasteiger partial charge in [0.2, 0.25) is 0 Å². The summed E-state index contributed by atoms with van der Waals surface area (Å²) < 4.78 is 0. The minimum Gasteiger partial charge on any atom is -0.397 e. The van der Waals surface area contributed by atoms with Crippen molar-refractivity contribution in [3.63, 3.8) is 0 Å². The summed E-state index contributed by atoms with van der Waals surface area (Å²) in [5.74, 6) is 0.643. The molecule has 0 fully saturated rings. The summed E-state index contributed by atoms with van der Waals surface area (Å²) in [5, 5.41) is 11.7. The second-order valence-electron chi connectivity index (χ2n) is 4.04. The molecule has 0 saturated carbocycles. The van der Waals surface area contributed by atoms with Crippen molar-refractivity contribution in [3.8, 4) is 0 Å². The fourth-order valence-electron chi connectivity index (χ4n) is 1.65. The summed E-state index contributed by atoms with van der Waals surface area (Å²) in [4.78, 5) is 14.7. The van der Waals surface area contributed by atoms with Crippen LogP contribution in [-0.4, -0.2) is 9.91 Å². The third-order valence-electron chi connectivity index (χ3n) is 2.75. The van der Waals surface area contributed by atoms with Gasteiger partial charge in [-0.1, -0.05) is 12.1 Å². The molecule has 2 N–H and O–H groups in total. The maximum Gasteiger partial charge on any atom is 0.272 e. The largest absolute Gasteiger partial charge is 0.397 e. The Labute approximate surface area is 115 Å². The van der Waals surface area contributed by atoms with Gasteiger partial charge in [-0.2, -0.15) is 0 Å². The van der Waals surface area contributed by atoms with Crippen molar-refractivity contribution in [1.82, 2.24) is 4.98 Å². The number of nitrogen functional groups attached to an aromatic ring is 1. The molecule has 2 aromatic rings. The van der Waals surface area contributed by atoms with E-state index < -0.39 is 0 Å². The lowest BCUT2D eigenvalue weighted by atomic mass is 10.1. The fourth-order valence-corrected chi connectivity index (χ4v) is 2.56. The van der Waals surface area contributed by atoms with Crippen molar-refractivity contribution in [3.05, 3.63) is 57.8 Å². The highest BCUT2D eigenvalue weighted by molar-refractivity contribution is 7.98. The molecule has 0 aliphatic carbocycles. The van der Waals surface area contributed by atoms with Gasteiger partial charge >= 0.3 is 0 Å². The fraction of sp³-hybridized carbons (Fsp3) is 0.154. The number of hydrogen-bond donors (Lipinski definition) is 1. The zero-order chi connectivity index (χ0) is 13.8. The maximum atomic E-state index is 10.9. The average Bonchev–Trinajstić information content (AvgIpc) is 2.39. The topological polar surface area (TPSA) is 82.0 Å². The van der Waals surface area contributed by atoms with E-state index in [1.807, 2.05) is 12.1 Å². The summed E-state index contributed by atoms with van der Waals surface area (Å²) >= 11 is 1.53. The van der Waals surface area contributed by atoms with Gasteiger partial charge in [0, 0.05) is 17.4 Å². The first kappa shape index (κ1) is 13.4. The number of benzene rings is 1. The monoisotopic (exact) mass is 275 g/mol. The number of aromatic nitrogens is 1. The Bertz CT molecular complexity index is 599. The van der Waals surface area contributed by atoms with Crippen molar-refractivity contribution in [2.75, 3.05) is 5.73 Å². The van der Waals surface area contributed by atoms with E-state index in [9.17, 15) is 10.1 Å². The van der Waals surface area contributed by atoms with Crippen LogP contribution >= 0.6 is 11.8 Å². The molecule has 6 heteroatoms. The molecule has 0 spiro atoms. The van der Waals surface area contributed by atoms with Crippen molar-refractivity contribution in [1.29, 1.82) is 0 Å². The first-order chi connectivity index (χ1) is 9.08. The summed E-state index contributed by atoms with van der Waals surface area (Å²) in [7, 11) is 0. The van der Waals surface area contributed by atoms with Crippen LogP contribution < -0.4 is 5.73 Å². The normalized spacial score (nSPS) is 10.4. The van der Waals surface area contributed by atoms with E-state index in [0.717, 1.165) is 10.6 Å². The Morgan fingerprint density at radius 2 is 2.16 bits per heavy atom. The zero-order valence-electron chi connectivity index (χ0n) is 10.4. The van der Waals surface area contributed by atoms with E-state index in [2.05, 4.69) is 4.98 Å². The number of nitro benzene ring substituents is 1. The summed E-state index contributed by atoms with van der Waals surface area (Å²) in [6.07, 6.45) is 1.60. The van der Waals surface area contributed by atoms with Crippen molar-refractivity contribution in [2.45, 2.75) is 17.7 Å². The number of nitrogens with two attached hydrogens (primary N) is 1. The van der Waals surface area contributed by atoms with E-state index in [4.69, 9.17) is 5.73 Å². The molecule has 0 saturated heterocycles. The second-order valence-corrected chi connectivity index (χ2v) is 5.03. The summed E-state index contributed by atoms with van der Waals surface area (Å²) in [6.45, 7) is 1.77.